The molecule has 1 heterocycles. The quantitative estimate of drug-likeness (QED) is 0.738. The van der Waals surface area contributed by atoms with Crippen LogP contribution in [0.5, 0.6) is 0 Å². The van der Waals surface area contributed by atoms with Crippen molar-refractivity contribution in [2.24, 2.45) is 0 Å². The summed E-state index contributed by atoms with van der Waals surface area (Å²) in [5.74, 6) is -0.817. The van der Waals surface area contributed by atoms with Crippen LogP contribution in [0.3, 0.4) is 0 Å². The monoisotopic (exact) mass is 258 g/mol. The normalized spacial score (nSPS) is 20.1. The minimum absolute atomic E-state index is 0.00418. The number of carbonyl (C=O) groups is 2. The lowest BCUT2D eigenvalue weighted by Crippen LogP contribution is -2.46. The Morgan fingerprint density at radius 3 is 2.89 bits per heavy atom. The summed E-state index contributed by atoms with van der Waals surface area (Å²) < 4.78 is 5.01. The van der Waals surface area contributed by atoms with Crippen molar-refractivity contribution in [2.75, 3.05) is 33.8 Å². The number of rotatable bonds is 7. The smallest absolute Gasteiger partial charge is 0.410 e. The maximum absolute atomic E-state index is 11.7. The van der Waals surface area contributed by atoms with Crippen molar-refractivity contribution < 1.29 is 19.4 Å². The van der Waals surface area contributed by atoms with Crippen molar-refractivity contribution in [3.8, 4) is 0 Å². The summed E-state index contributed by atoms with van der Waals surface area (Å²) in [4.78, 5) is 26.0. The van der Waals surface area contributed by atoms with Gasteiger partial charge >= 0.3 is 12.1 Å². The van der Waals surface area contributed by atoms with E-state index in [1.807, 2.05) is 14.1 Å². The molecule has 1 N–H and O–H groups in total. The van der Waals surface area contributed by atoms with Crippen LogP contribution in [0.25, 0.3) is 0 Å². The molecule has 0 radical (unpaired) electrons. The van der Waals surface area contributed by atoms with E-state index in [-0.39, 0.29) is 18.6 Å². The molecule has 6 heteroatoms. The van der Waals surface area contributed by atoms with Gasteiger partial charge in [-0.15, -0.1) is 0 Å². The van der Waals surface area contributed by atoms with Gasteiger partial charge in [0.25, 0.3) is 0 Å². The van der Waals surface area contributed by atoms with Crippen LogP contribution in [0.2, 0.25) is 0 Å². The van der Waals surface area contributed by atoms with Crippen LogP contribution in [-0.2, 0) is 9.53 Å². The third kappa shape index (κ3) is 4.91. The van der Waals surface area contributed by atoms with Crippen LogP contribution in [0.15, 0.2) is 0 Å². The van der Waals surface area contributed by atoms with Crippen LogP contribution in [0, 0.1) is 0 Å². The highest BCUT2D eigenvalue weighted by Crippen LogP contribution is 2.18. The number of amides is 1. The van der Waals surface area contributed by atoms with E-state index in [4.69, 9.17) is 9.84 Å². The van der Waals surface area contributed by atoms with Crippen molar-refractivity contribution in [3.05, 3.63) is 0 Å². The van der Waals surface area contributed by atoms with Gasteiger partial charge in [-0.25, -0.2) is 4.79 Å². The van der Waals surface area contributed by atoms with Gasteiger partial charge < -0.3 is 19.6 Å². The molecular weight excluding hydrogens is 236 g/mol. The molecule has 0 spiro atoms. The van der Waals surface area contributed by atoms with Gasteiger partial charge in [-0.1, -0.05) is 0 Å². The number of cyclic esters (lactones) is 1. The van der Waals surface area contributed by atoms with Gasteiger partial charge in [0, 0.05) is 25.4 Å². The summed E-state index contributed by atoms with van der Waals surface area (Å²) in [5.41, 5.74) is 0. The fourth-order valence-electron chi connectivity index (χ4n) is 2.09. The Labute approximate surface area is 107 Å². The average Bonchev–Trinajstić information content (AvgIpc) is 2.28. The number of ether oxygens (including phenoxy) is 1. The first kappa shape index (κ1) is 14.8. The third-order valence-electron chi connectivity index (χ3n) is 3.05. The number of carboxylic acids is 1. The van der Waals surface area contributed by atoms with Crippen LogP contribution in [0.4, 0.5) is 4.79 Å². The predicted octanol–water partition coefficient (Wildman–Crippen LogP) is 1.01. The highest BCUT2D eigenvalue weighted by atomic mass is 16.6. The Bertz CT molecular complexity index is 294. The number of nitrogens with zero attached hydrogens (tertiary/aromatic N) is 2. The summed E-state index contributed by atoms with van der Waals surface area (Å²) in [5, 5.41) is 8.70. The van der Waals surface area contributed by atoms with Gasteiger partial charge in [0.2, 0.25) is 0 Å². The van der Waals surface area contributed by atoms with Gasteiger partial charge in [-0.05, 0) is 33.5 Å². The Balaban J connectivity index is 2.45. The van der Waals surface area contributed by atoms with Crippen LogP contribution < -0.4 is 0 Å². The molecule has 1 aliphatic rings. The molecule has 1 aliphatic heterocycles. The largest absolute Gasteiger partial charge is 0.481 e. The Morgan fingerprint density at radius 2 is 2.28 bits per heavy atom. The molecule has 1 amide bonds. The van der Waals surface area contributed by atoms with Crippen molar-refractivity contribution in [1.29, 1.82) is 0 Å². The Hall–Kier alpha value is -1.30. The second kappa shape index (κ2) is 7.20. The summed E-state index contributed by atoms with van der Waals surface area (Å²) in [6.45, 7) is 1.92. The second-order valence-electron chi connectivity index (χ2n) is 4.84. The molecular formula is C12H22N2O4. The molecule has 1 rings (SSSR count). The molecule has 1 fully saturated rings. The van der Waals surface area contributed by atoms with Gasteiger partial charge in [0.1, 0.15) is 0 Å². The summed E-state index contributed by atoms with van der Waals surface area (Å²) >= 11 is 0. The summed E-state index contributed by atoms with van der Waals surface area (Å²) in [7, 11) is 3.97. The van der Waals surface area contributed by atoms with E-state index < -0.39 is 5.97 Å². The zero-order chi connectivity index (χ0) is 13.5. The van der Waals surface area contributed by atoms with E-state index in [1.165, 1.54) is 0 Å². The highest BCUT2D eigenvalue weighted by molar-refractivity contribution is 5.69. The SMILES string of the molecule is CN(C)CCCN1C(=O)OCCC1CCC(=O)O. The molecule has 0 aromatic rings. The first-order valence-corrected chi connectivity index (χ1v) is 6.30. The van der Waals surface area contributed by atoms with E-state index in [9.17, 15) is 9.59 Å². The number of aliphatic carboxylic acids is 1. The van der Waals surface area contributed by atoms with Gasteiger partial charge in [0.05, 0.1) is 6.61 Å². The van der Waals surface area contributed by atoms with Crippen molar-refractivity contribution in [3.63, 3.8) is 0 Å². The van der Waals surface area contributed by atoms with E-state index >= 15 is 0 Å². The van der Waals surface area contributed by atoms with E-state index in [1.54, 1.807) is 4.90 Å². The van der Waals surface area contributed by atoms with E-state index in [0.29, 0.717) is 19.6 Å². The first-order valence-electron chi connectivity index (χ1n) is 6.30. The van der Waals surface area contributed by atoms with E-state index in [0.717, 1.165) is 19.4 Å². The van der Waals surface area contributed by atoms with Crippen molar-refractivity contribution >= 4 is 12.1 Å². The molecule has 0 bridgehead atoms. The minimum atomic E-state index is -0.817. The van der Waals surface area contributed by atoms with Crippen LogP contribution >= 0.6 is 0 Å². The average molecular weight is 258 g/mol. The molecule has 1 atom stereocenters. The summed E-state index contributed by atoms with van der Waals surface area (Å²) in [6.07, 6.45) is 1.89. The van der Waals surface area contributed by atoms with Gasteiger partial charge in [-0.3, -0.25) is 4.79 Å². The Kier molecular flexibility index (Phi) is 5.91. The lowest BCUT2D eigenvalue weighted by molar-refractivity contribution is -0.137. The number of hydrogen-bond acceptors (Lipinski definition) is 4. The van der Waals surface area contributed by atoms with Crippen LogP contribution in [-0.4, -0.2) is 66.8 Å². The molecule has 1 unspecified atom stereocenters. The van der Waals surface area contributed by atoms with Crippen LogP contribution in [0.1, 0.15) is 25.7 Å². The topological polar surface area (TPSA) is 70.1 Å². The zero-order valence-corrected chi connectivity index (χ0v) is 11.1. The van der Waals surface area contributed by atoms with Crippen molar-refractivity contribution in [2.45, 2.75) is 31.7 Å². The molecule has 0 aromatic heterocycles. The Morgan fingerprint density at radius 1 is 1.56 bits per heavy atom. The molecule has 0 aliphatic carbocycles. The lowest BCUT2D eigenvalue weighted by Gasteiger charge is -2.35. The lowest BCUT2D eigenvalue weighted by atomic mass is 10.1. The number of carbonyl (C=O) groups excluding carboxylic acids is 1. The van der Waals surface area contributed by atoms with Gasteiger partial charge in [-0.2, -0.15) is 0 Å². The molecule has 0 aromatic carbocycles. The number of hydrogen-bond donors (Lipinski definition) is 1. The molecule has 0 saturated carbocycles. The predicted molar refractivity (Wildman–Crippen MR) is 66.5 cm³/mol. The first-order chi connectivity index (χ1) is 8.50. The standard InChI is InChI=1S/C12H22N2O4/c1-13(2)7-3-8-14-10(4-5-11(15)16)6-9-18-12(14)17/h10H,3-9H2,1-2H3,(H,15,16). The molecule has 1 saturated heterocycles. The second-order valence-corrected chi connectivity index (χ2v) is 4.84. The molecule has 18 heavy (non-hydrogen) atoms. The molecule has 6 nitrogen and oxygen atoms in total. The van der Waals surface area contributed by atoms with E-state index in [2.05, 4.69) is 4.90 Å². The van der Waals surface area contributed by atoms with Gasteiger partial charge in [0.15, 0.2) is 0 Å². The fourth-order valence-corrected chi connectivity index (χ4v) is 2.09. The zero-order valence-electron chi connectivity index (χ0n) is 11.1. The van der Waals surface area contributed by atoms with Crippen molar-refractivity contribution in [1.82, 2.24) is 9.80 Å². The third-order valence-corrected chi connectivity index (χ3v) is 3.05. The maximum atomic E-state index is 11.7. The minimum Gasteiger partial charge on any atom is -0.481 e. The maximum Gasteiger partial charge on any atom is 0.410 e. The number of carboxylic acid groups (broad SMARTS) is 1. The summed E-state index contributed by atoms with van der Waals surface area (Å²) in [6, 6.07) is 0.00418. The fraction of sp³-hybridized carbons (Fsp3) is 0.833. The highest BCUT2D eigenvalue weighted by Gasteiger charge is 2.29. The molecule has 104 valence electrons.